The third-order valence-electron chi connectivity index (χ3n) is 3.90. The van der Waals surface area contributed by atoms with E-state index in [0.717, 1.165) is 24.1 Å². The van der Waals surface area contributed by atoms with Gasteiger partial charge < -0.3 is 10.2 Å². The Bertz CT molecular complexity index is 450. The number of hydrogen-bond donors (Lipinski definition) is 1. The Labute approximate surface area is 122 Å². The number of piperidine rings is 1. The van der Waals surface area contributed by atoms with Crippen LogP contribution in [0.15, 0.2) is 24.3 Å². The van der Waals surface area contributed by atoms with E-state index < -0.39 is 0 Å². The first-order valence-electron chi connectivity index (χ1n) is 7.56. The summed E-state index contributed by atoms with van der Waals surface area (Å²) in [6.07, 6.45) is 1.36. The molecule has 108 valence electrons. The van der Waals surface area contributed by atoms with E-state index in [9.17, 15) is 0 Å². The first kappa shape index (κ1) is 14.9. The van der Waals surface area contributed by atoms with Crippen LogP contribution in [0.1, 0.15) is 32.8 Å². The molecule has 1 N–H and O–H groups in total. The SMILES string of the molecule is CC1CC(C)CN(CC(C)Nc2ccc(C#N)cc2)C1. The molecule has 0 saturated carbocycles. The maximum Gasteiger partial charge on any atom is 0.0991 e. The molecule has 0 radical (unpaired) electrons. The van der Waals surface area contributed by atoms with Crippen LogP contribution >= 0.6 is 0 Å². The van der Waals surface area contributed by atoms with Gasteiger partial charge in [-0.2, -0.15) is 5.26 Å². The molecule has 1 heterocycles. The lowest BCUT2D eigenvalue weighted by Gasteiger charge is -2.36. The van der Waals surface area contributed by atoms with Crippen molar-refractivity contribution in [3.05, 3.63) is 29.8 Å². The molecule has 2 rings (SSSR count). The molecule has 1 aliphatic heterocycles. The monoisotopic (exact) mass is 271 g/mol. The fraction of sp³-hybridized carbons (Fsp3) is 0.588. The fourth-order valence-corrected chi connectivity index (χ4v) is 3.30. The summed E-state index contributed by atoms with van der Waals surface area (Å²) in [5, 5.41) is 12.3. The van der Waals surface area contributed by atoms with E-state index in [4.69, 9.17) is 5.26 Å². The molecule has 1 aromatic carbocycles. The fourth-order valence-electron chi connectivity index (χ4n) is 3.30. The van der Waals surface area contributed by atoms with Crippen LogP contribution in [0, 0.1) is 23.2 Å². The Kier molecular flexibility index (Phi) is 5.03. The Hall–Kier alpha value is -1.53. The van der Waals surface area contributed by atoms with E-state index in [-0.39, 0.29) is 0 Å². The molecule has 0 aliphatic carbocycles. The number of rotatable bonds is 4. The van der Waals surface area contributed by atoms with E-state index in [1.54, 1.807) is 0 Å². The molecule has 0 spiro atoms. The van der Waals surface area contributed by atoms with E-state index in [1.807, 2.05) is 24.3 Å². The number of nitrogens with one attached hydrogen (secondary N) is 1. The van der Waals surface area contributed by atoms with E-state index >= 15 is 0 Å². The second-order valence-corrected chi connectivity index (χ2v) is 6.40. The van der Waals surface area contributed by atoms with Crippen molar-refractivity contribution in [3.63, 3.8) is 0 Å². The molecular formula is C17H25N3. The number of hydrogen-bond acceptors (Lipinski definition) is 3. The normalized spacial score (nSPS) is 24.9. The zero-order chi connectivity index (χ0) is 14.5. The molecule has 0 bridgehead atoms. The van der Waals surface area contributed by atoms with Crippen molar-refractivity contribution < 1.29 is 0 Å². The molecule has 1 fully saturated rings. The molecule has 1 aromatic rings. The van der Waals surface area contributed by atoms with E-state index in [2.05, 4.69) is 37.1 Å². The topological polar surface area (TPSA) is 39.1 Å². The number of likely N-dealkylation sites (tertiary alicyclic amines) is 1. The van der Waals surface area contributed by atoms with Gasteiger partial charge in [-0.1, -0.05) is 13.8 Å². The maximum absolute atomic E-state index is 8.80. The molecule has 0 amide bonds. The summed E-state index contributed by atoms with van der Waals surface area (Å²) in [7, 11) is 0. The zero-order valence-electron chi connectivity index (χ0n) is 12.8. The van der Waals surface area contributed by atoms with Gasteiger partial charge in [0.2, 0.25) is 0 Å². The van der Waals surface area contributed by atoms with Crippen molar-refractivity contribution in [2.75, 3.05) is 25.0 Å². The third kappa shape index (κ3) is 4.25. The number of anilines is 1. The summed E-state index contributed by atoms with van der Waals surface area (Å²) in [5.74, 6) is 1.61. The predicted octanol–water partition coefficient (Wildman–Crippen LogP) is 3.34. The summed E-state index contributed by atoms with van der Waals surface area (Å²) in [5.41, 5.74) is 1.80. The smallest absolute Gasteiger partial charge is 0.0991 e. The molecule has 20 heavy (non-hydrogen) atoms. The quantitative estimate of drug-likeness (QED) is 0.913. The second kappa shape index (κ2) is 6.76. The minimum absolute atomic E-state index is 0.417. The van der Waals surface area contributed by atoms with Crippen molar-refractivity contribution >= 4 is 5.69 Å². The van der Waals surface area contributed by atoms with E-state index in [0.29, 0.717) is 11.6 Å². The summed E-state index contributed by atoms with van der Waals surface area (Å²) in [6, 6.07) is 10.3. The van der Waals surface area contributed by atoms with Crippen molar-refractivity contribution in [3.8, 4) is 6.07 Å². The highest BCUT2D eigenvalue weighted by atomic mass is 15.2. The summed E-state index contributed by atoms with van der Waals surface area (Å²) in [4.78, 5) is 2.57. The molecular weight excluding hydrogens is 246 g/mol. The van der Waals surface area contributed by atoms with Gasteiger partial charge in [0.25, 0.3) is 0 Å². The Morgan fingerprint density at radius 1 is 1.25 bits per heavy atom. The van der Waals surface area contributed by atoms with Gasteiger partial charge in [-0.3, -0.25) is 0 Å². The van der Waals surface area contributed by atoms with Gasteiger partial charge in [-0.15, -0.1) is 0 Å². The van der Waals surface area contributed by atoms with Crippen molar-refractivity contribution in [2.45, 2.75) is 33.2 Å². The first-order valence-corrected chi connectivity index (χ1v) is 7.56. The van der Waals surface area contributed by atoms with Gasteiger partial charge in [0.1, 0.15) is 0 Å². The van der Waals surface area contributed by atoms with Crippen LogP contribution in [0.2, 0.25) is 0 Å². The van der Waals surface area contributed by atoms with Crippen LogP contribution in [-0.2, 0) is 0 Å². The highest BCUT2D eigenvalue weighted by molar-refractivity contribution is 5.47. The number of benzene rings is 1. The molecule has 1 saturated heterocycles. The van der Waals surface area contributed by atoms with E-state index in [1.165, 1.54) is 19.5 Å². The van der Waals surface area contributed by atoms with Crippen molar-refractivity contribution in [2.24, 2.45) is 11.8 Å². The van der Waals surface area contributed by atoms with Crippen molar-refractivity contribution in [1.29, 1.82) is 5.26 Å². The van der Waals surface area contributed by atoms with Gasteiger partial charge >= 0.3 is 0 Å². The Balaban J connectivity index is 1.85. The summed E-state index contributed by atoms with van der Waals surface area (Å²) in [6.45, 7) is 10.4. The summed E-state index contributed by atoms with van der Waals surface area (Å²) >= 11 is 0. The lowest BCUT2D eigenvalue weighted by atomic mass is 9.92. The first-order chi connectivity index (χ1) is 9.56. The van der Waals surface area contributed by atoms with Crippen LogP contribution in [0.3, 0.4) is 0 Å². The minimum atomic E-state index is 0.417. The average Bonchev–Trinajstić information content (AvgIpc) is 2.38. The van der Waals surface area contributed by atoms with Crippen LogP contribution in [0.5, 0.6) is 0 Å². The third-order valence-corrected chi connectivity index (χ3v) is 3.90. The highest BCUT2D eigenvalue weighted by Crippen LogP contribution is 2.21. The second-order valence-electron chi connectivity index (χ2n) is 6.40. The van der Waals surface area contributed by atoms with Gasteiger partial charge in [0, 0.05) is 31.4 Å². The highest BCUT2D eigenvalue weighted by Gasteiger charge is 2.22. The summed E-state index contributed by atoms with van der Waals surface area (Å²) < 4.78 is 0. The number of nitriles is 1. The van der Waals surface area contributed by atoms with Crippen molar-refractivity contribution in [1.82, 2.24) is 4.90 Å². The molecule has 3 heteroatoms. The standard InChI is InChI=1S/C17H25N3/c1-13-8-14(2)11-20(10-13)12-15(3)19-17-6-4-16(9-18)5-7-17/h4-7,13-15,19H,8,10-12H2,1-3H3. The minimum Gasteiger partial charge on any atom is -0.381 e. The molecule has 3 nitrogen and oxygen atoms in total. The lowest BCUT2D eigenvalue weighted by Crippen LogP contribution is -2.43. The predicted molar refractivity (Wildman–Crippen MR) is 83.6 cm³/mol. The van der Waals surface area contributed by atoms with Gasteiger partial charge in [0.15, 0.2) is 0 Å². The zero-order valence-corrected chi connectivity index (χ0v) is 12.8. The Morgan fingerprint density at radius 3 is 2.40 bits per heavy atom. The van der Waals surface area contributed by atoms with Crippen LogP contribution < -0.4 is 5.32 Å². The van der Waals surface area contributed by atoms with Gasteiger partial charge in [0.05, 0.1) is 11.6 Å². The maximum atomic E-state index is 8.80. The lowest BCUT2D eigenvalue weighted by molar-refractivity contribution is 0.138. The van der Waals surface area contributed by atoms with Gasteiger partial charge in [-0.25, -0.2) is 0 Å². The van der Waals surface area contributed by atoms with Crippen LogP contribution in [0.4, 0.5) is 5.69 Å². The molecule has 0 aromatic heterocycles. The molecule has 3 unspecified atom stereocenters. The number of nitrogens with zero attached hydrogens (tertiary/aromatic N) is 2. The molecule has 1 aliphatic rings. The molecule has 3 atom stereocenters. The van der Waals surface area contributed by atoms with Crippen LogP contribution in [-0.4, -0.2) is 30.6 Å². The van der Waals surface area contributed by atoms with Gasteiger partial charge in [-0.05, 0) is 49.4 Å². The van der Waals surface area contributed by atoms with Crippen LogP contribution in [0.25, 0.3) is 0 Å². The largest absolute Gasteiger partial charge is 0.381 e. The Morgan fingerprint density at radius 2 is 1.85 bits per heavy atom. The average molecular weight is 271 g/mol.